The average Bonchev–Trinajstić information content (AvgIpc) is 3.27. The molecular weight excluding hydrogens is 495 g/mol. The van der Waals surface area contributed by atoms with Gasteiger partial charge < -0.3 is 4.57 Å². The molecule has 0 saturated carbocycles. The Morgan fingerprint density at radius 2 is 1.91 bits per heavy atom. The number of carbonyl (C=O) groups is 2. The summed E-state index contributed by atoms with van der Waals surface area (Å²) in [5.74, 6) is -1.93. The van der Waals surface area contributed by atoms with Crippen LogP contribution < -0.4 is 4.72 Å². The number of rotatable bonds is 3. The molecule has 34 heavy (non-hydrogen) atoms. The molecule has 12 heteroatoms. The molecule has 0 unspecified atom stereocenters. The van der Waals surface area contributed by atoms with Gasteiger partial charge in [0.25, 0.3) is 15.9 Å². The van der Waals surface area contributed by atoms with Gasteiger partial charge in [0.15, 0.2) is 5.82 Å². The molecule has 0 spiro atoms. The molecular formula is C22H15ClF3N3O4S. The van der Waals surface area contributed by atoms with Gasteiger partial charge in [-0.3, -0.25) is 9.59 Å². The van der Waals surface area contributed by atoms with E-state index in [2.05, 4.69) is 4.98 Å². The highest BCUT2D eigenvalue weighted by Crippen LogP contribution is 2.38. The number of halogens is 4. The quantitative estimate of drug-likeness (QED) is 0.533. The van der Waals surface area contributed by atoms with Gasteiger partial charge >= 0.3 is 6.18 Å². The molecule has 7 nitrogen and oxygen atoms in total. The lowest BCUT2D eigenvalue weighted by atomic mass is 10.0. The minimum atomic E-state index is -4.80. The molecule has 1 N–H and O–H groups in total. The van der Waals surface area contributed by atoms with E-state index in [0.717, 1.165) is 18.6 Å². The smallest absolute Gasteiger partial charge is 0.325 e. The van der Waals surface area contributed by atoms with Crippen LogP contribution in [0.15, 0.2) is 41.3 Å². The minimum Gasteiger partial charge on any atom is -0.325 e. The van der Waals surface area contributed by atoms with Crippen LogP contribution in [0.2, 0.25) is 5.02 Å². The number of nitrogens with one attached hydrogen (secondary N) is 1. The summed E-state index contributed by atoms with van der Waals surface area (Å²) < 4.78 is 68.9. The fourth-order valence-electron chi connectivity index (χ4n) is 4.36. The highest BCUT2D eigenvalue weighted by Gasteiger charge is 2.38. The number of ketones is 1. The number of fused-ring (bicyclic) bond motifs is 2. The van der Waals surface area contributed by atoms with Gasteiger partial charge in [0.1, 0.15) is 4.90 Å². The van der Waals surface area contributed by atoms with Gasteiger partial charge in [-0.2, -0.15) is 13.2 Å². The second kappa shape index (κ2) is 7.67. The molecule has 5 rings (SSSR count). The van der Waals surface area contributed by atoms with Gasteiger partial charge in [0.2, 0.25) is 5.78 Å². The predicted octanol–water partition coefficient (Wildman–Crippen LogP) is 4.22. The lowest BCUT2D eigenvalue weighted by Crippen LogP contribution is -2.20. The van der Waals surface area contributed by atoms with Gasteiger partial charge in [0, 0.05) is 17.8 Å². The predicted molar refractivity (Wildman–Crippen MR) is 115 cm³/mol. The largest absolute Gasteiger partial charge is 0.417 e. The third-order valence-electron chi connectivity index (χ3n) is 5.88. The number of sulfonamides is 1. The maximum atomic E-state index is 13.6. The van der Waals surface area contributed by atoms with Gasteiger partial charge in [-0.05, 0) is 43.5 Å². The van der Waals surface area contributed by atoms with Crippen LogP contribution in [0.4, 0.5) is 13.2 Å². The van der Waals surface area contributed by atoms with Crippen LogP contribution in [0.1, 0.15) is 50.6 Å². The van der Waals surface area contributed by atoms with E-state index in [1.54, 1.807) is 4.57 Å². The number of nitrogens with zero attached hydrogens (tertiary/aromatic N) is 2. The molecule has 0 aliphatic carbocycles. The summed E-state index contributed by atoms with van der Waals surface area (Å²) in [6, 6.07) is 7.24. The van der Waals surface area contributed by atoms with Gasteiger partial charge in [0.05, 0.1) is 27.4 Å². The summed E-state index contributed by atoms with van der Waals surface area (Å²) in [5.41, 5.74) is -0.649. The third-order valence-corrected chi connectivity index (χ3v) is 7.57. The molecule has 2 aliphatic heterocycles. The van der Waals surface area contributed by atoms with Crippen LogP contribution >= 0.6 is 11.6 Å². The van der Waals surface area contributed by atoms with Crippen LogP contribution in [-0.2, 0) is 29.2 Å². The Labute approximate surface area is 196 Å². The summed E-state index contributed by atoms with van der Waals surface area (Å²) in [5, 5.41) is -0.345. The molecule has 0 radical (unpaired) electrons. The highest BCUT2D eigenvalue weighted by atomic mass is 35.5. The minimum absolute atomic E-state index is 0.0148. The van der Waals surface area contributed by atoms with Crippen molar-refractivity contribution in [2.24, 2.45) is 0 Å². The maximum Gasteiger partial charge on any atom is 0.417 e. The standard InChI is InChI=1S/C22H15ClF3N3O4S/c23-14-5-3-4-13(22(24,25)26)17(14)19(30)20-27-18(15-6-1-2-9-29(15)20)11-7-8-12-16(10-11)34(32,33)28-21(12)31/h3-5,7-8,10H,1-2,6,9H2,(H,28,31). The summed E-state index contributed by atoms with van der Waals surface area (Å²) in [7, 11) is -4.03. The Morgan fingerprint density at radius 1 is 1.15 bits per heavy atom. The molecule has 0 bridgehead atoms. The van der Waals surface area contributed by atoms with Crippen LogP contribution in [0.5, 0.6) is 0 Å². The van der Waals surface area contributed by atoms with Crippen LogP contribution in [0.3, 0.4) is 0 Å². The summed E-state index contributed by atoms with van der Waals surface area (Å²) in [6.45, 7) is 0.360. The highest BCUT2D eigenvalue weighted by molar-refractivity contribution is 7.90. The lowest BCUT2D eigenvalue weighted by molar-refractivity contribution is -0.137. The Bertz CT molecular complexity index is 1500. The number of imidazole rings is 1. The van der Waals surface area contributed by atoms with E-state index in [4.69, 9.17) is 11.6 Å². The molecule has 0 saturated heterocycles. The Hall–Kier alpha value is -3.18. The van der Waals surface area contributed by atoms with Crippen LogP contribution in [-0.4, -0.2) is 29.7 Å². The van der Waals surface area contributed by atoms with E-state index >= 15 is 0 Å². The van der Waals surface area contributed by atoms with Crippen molar-refractivity contribution >= 4 is 33.3 Å². The van der Waals surface area contributed by atoms with E-state index in [9.17, 15) is 31.2 Å². The van der Waals surface area contributed by atoms with Crippen LogP contribution in [0, 0.1) is 0 Å². The summed E-state index contributed by atoms with van der Waals surface area (Å²) >= 11 is 6.03. The van der Waals surface area contributed by atoms with Crippen molar-refractivity contribution in [3.63, 3.8) is 0 Å². The first-order chi connectivity index (χ1) is 16.0. The molecule has 0 atom stereocenters. The zero-order chi connectivity index (χ0) is 24.4. The second-order valence-corrected chi connectivity index (χ2v) is 10.0. The zero-order valence-corrected chi connectivity index (χ0v) is 18.8. The summed E-state index contributed by atoms with van der Waals surface area (Å²) in [4.78, 5) is 29.4. The number of benzene rings is 2. The fraction of sp³-hybridized carbons (Fsp3) is 0.227. The zero-order valence-electron chi connectivity index (χ0n) is 17.2. The van der Waals surface area contributed by atoms with Crippen molar-refractivity contribution in [3.8, 4) is 11.3 Å². The number of hydrogen-bond acceptors (Lipinski definition) is 5. The molecule has 176 valence electrons. The van der Waals surface area contributed by atoms with Crippen molar-refractivity contribution in [2.75, 3.05) is 0 Å². The number of alkyl halides is 3. The number of amides is 1. The van der Waals surface area contributed by atoms with Crippen LogP contribution in [0.25, 0.3) is 11.3 Å². The average molecular weight is 510 g/mol. The fourth-order valence-corrected chi connectivity index (χ4v) is 5.82. The Kier molecular flexibility index (Phi) is 5.10. The molecule has 2 aromatic carbocycles. The van der Waals surface area contributed by atoms with E-state index in [1.807, 2.05) is 4.72 Å². The first-order valence-electron chi connectivity index (χ1n) is 10.2. The number of carbonyl (C=O) groups excluding carboxylic acids is 2. The number of aromatic nitrogens is 2. The van der Waals surface area contributed by atoms with Crippen molar-refractivity contribution < 1.29 is 31.2 Å². The number of hydrogen-bond donors (Lipinski definition) is 1. The second-order valence-electron chi connectivity index (χ2n) is 7.97. The first-order valence-corrected chi connectivity index (χ1v) is 12.1. The van der Waals surface area contributed by atoms with E-state index in [1.165, 1.54) is 24.3 Å². The SMILES string of the molecule is O=C1NS(=O)(=O)c2cc(-c3nc(C(=O)c4c(Cl)cccc4C(F)(F)F)n4c3CCCC4)ccc21. The third kappa shape index (κ3) is 3.50. The maximum absolute atomic E-state index is 13.6. The molecule has 1 aromatic heterocycles. The van der Waals surface area contributed by atoms with Crippen molar-refractivity contribution in [3.05, 3.63) is 69.6 Å². The molecule has 3 heterocycles. The van der Waals surface area contributed by atoms with E-state index in [-0.39, 0.29) is 27.0 Å². The topological polar surface area (TPSA) is 98.1 Å². The molecule has 2 aliphatic rings. The first kappa shape index (κ1) is 22.6. The summed E-state index contributed by atoms with van der Waals surface area (Å²) in [6.07, 6.45) is -2.86. The van der Waals surface area contributed by atoms with E-state index < -0.39 is 39.0 Å². The van der Waals surface area contributed by atoms with Gasteiger partial charge in [-0.25, -0.2) is 18.1 Å². The lowest BCUT2D eigenvalue weighted by Gasteiger charge is -2.18. The van der Waals surface area contributed by atoms with Gasteiger partial charge in [-0.1, -0.05) is 23.7 Å². The molecule has 0 fully saturated rings. The van der Waals surface area contributed by atoms with Crippen molar-refractivity contribution in [1.29, 1.82) is 0 Å². The van der Waals surface area contributed by atoms with E-state index in [0.29, 0.717) is 30.6 Å². The van der Waals surface area contributed by atoms with Crippen molar-refractivity contribution in [1.82, 2.24) is 14.3 Å². The molecule has 1 amide bonds. The normalized spacial score (nSPS) is 16.6. The Morgan fingerprint density at radius 3 is 2.65 bits per heavy atom. The molecule has 3 aromatic rings. The van der Waals surface area contributed by atoms with Crippen molar-refractivity contribution in [2.45, 2.75) is 36.9 Å². The Balaban J connectivity index is 1.69. The monoisotopic (exact) mass is 509 g/mol. The van der Waals surface area contributed by atoms with Gasteiger partial charge in [-0.15, -0.1) is 0 Å².